The van der Waals surface area contributed by atoms with Crippen LogP contribution in [0.5, 0.6) is 0 Å². The van der Waals surface area contributed by atoms with Crippen molar-refractivity contribution in [3.05, 3.63) is 10.8 Å². The largest absolute Gasteiger partial charge is 0.467 e. The van der Waals surface area contributed by atoms with Gasteiger partial charge in [0, 0.05) is 0 Å². The Hall–Kier alpha value is -1.41. The van der Waals surface area contributed by atoms with Crippen LogP contribution in [0.3, 0.4) is 0 Å². The van der Waals surface area contributed by atoms with Gasteiger partial charge in [0.2, 0.25) is 0 Å². The van der Waals surface area contributed by atoms with Crippen LogP contribution in [0, 0.1) is 5.92 Å². The number of nitrogens with one attached hydrogen (secondary N) is 2. The van der Waals surface area contributed by atoms with Crippen LogP contribution >= 0.6 is 15.9 Å². The summed E-state index contributed by atoms with van der Waals surface area (Å²) in [6.45, 7) is 3.82. The molecule has 1 aromatic rings. The molecule has 0 aliphatic carbocycles. The van der Waals surface area contributed by atoms with E-state index in [1.54, 1.807) is 0 Å². The third-order valence-corrected chi connectivity index (χ3v) is 3.09. The molecule has 0 aliphatic heterocycles. The van der Waals surface area contributed by atoms with Crippen LogP contribution in [0.15, 0.2) is 10.8 Å². The number of halogens is 1. The van der Waals surface area contributed by atoms with E-state index in [1.807, 2.05) is 13.8 Å². The van der Waals surface area contributed by atoms with Gasteiger partial charge in [0.1, 0.15) is 22.7 Å². The molecule has 1 heterocycles. The van der Waals surface area contributed by atoms with Gasteiger partial charge in [-0.25, -0.2) is 20.6 Å². The Morgan fingerprint density at radius 3 is 2.56 bits per heavy atom. The molecule has 1 aromatic heterocycles. The van der Waals surface area contributed by atoms with Crippen molar-refractivity contribution in [2.24, 2.45) is 11.8 Å². The number of carbonyl (C=O) groups excluding carboxylic acids is 1. The summed E-state index contributed by atoms with van der Waals surface area (Å²) in [6.07, 6.45) is 1.34. The zero-order chi connectivity index (χ0) is 13.7. The van der Waals surface area contributed by atoms with Crippen LogP contribution in [0.25, 0.3) is 0 Å². The fraction of sp³-hybridized carbons (Fsp3) is 0.500. The van der Waals surface area contributed by atoms with Gasteiger partial charge in [-0.3, -0.25) is 0 Å². The van der Waals surface area contributed by atoms with Crippen LogP contribution in [0.4, 0.5) is 11.6 Å². The summed E-state index contributed by atoms with van der Waals surface area (Å²) < 4.78 is 5.30. The van der Waals surface area contributed by atoms with Gasteiger partial charge in [0.25, 0.3) is 0 Å². The standard InChI is InChI=1S/C10H16BrN5O2/c1-5(2)7(10(17)18-3)15-8-6(11)9(16-12)14-4-13-8/h4-5,7H,12H2,1-3H3,(H2,13,14,15,16). The monoisotopic (exact) mass is 317 g/mol. The molecule has 8 heteroatoms. The number of anilines is 2. The third-order valence-electron chi connectivity index (χ3n) is 2.34. The summed E-state index contributed by atoms with van der Waals surface area (Å²) in [5.74, 6) is 5.91. The van der Waals surface area contributed by atoms with E-state index in [2.05, 4.69) is 36.6 Å². The van der Waals surface area contributed by atoms with Crippen LogP contribution in [0.1, 0.15) is 13.8 Å². The molecule has 0 radical (unpaired) electrons. The number of hydrazine groups is 1. The van der Waals surface area contributed by atoms with E-state index in [9.17, 15) is 4.79 Å². The first kappa shape index (κ1) is 14.7. The maximum Gasteiger partial charge on any atom is 0.328 e. The molecule has 100 valence electrons. The van der Waals surface area contributed by atoms with Crippen molar-refractivity contribution in [1.29, 1.82) is 0 Å². The van der Waals surface area contributed by atoms with Crippen molar-refractivity contribution < 1.29 is 9.53 Å². The van der Waals surface area contributed by atoms with Gasteiger partial charge >= 0.3 is 5.97 Å². The lowest BCUT2D eigenvalue weighted by molar-refractivity contribution is -0.142. The zero-order valence-electron chi connectivity index (χ0n) is 10.4. The molecule has 0 aromatic carbocycles. The van der Waals surface area contributed by atoms with E-state index in [-0.39, 0.29) is 11.9 Å². The lowest BCUT2D eigenvalue weighted by atomic mass is 10.0. The number of nitrogen functional groups attached to an aromatic ring is 1. The topological polar surface area (TPSA) is 102 Å². The van der Waals surface area contributed by atoms with E-state index in [1.165, 1.54) is 13.4 Å². The SMILES string of the molecule is COC(=O)C(Nc1ncnc(NN)c1Br)C(C)C. The van der Waals surface area contributed by atoms with E-state index < -0.39 is 6.04 Å². The van der Waals surface area contributed by atoms with Gasteiger partial charge in [-0.15, -0.1) is 0 Å². The van der Waals surface area contributed by atoms with Crippen LogP contribution in [0.2, 0.25) is 0 Å². The van der Waals surface area contributed by atoms with Gasteiger partial charge in [0.05, 0.1) is 7.11 Å². The highest BCUT2D eigenvalue weighted by Crippen LogP contribution is 2.27. The Bertz CT molecular complexity index is 427. The van der Waals surface area contributed by atoms with Gasteiger partial charge < -0.3 is 15.5 Å². The summed E-state index contributed by atoms with van der Waals surface area (Å²) in [7, 11) is 1.35. The molecule has 0 spiro atoms. The molecule has 1 rings (SSSR count). The predicted molar refractivity (Wildman–Crippen MR) is 71.8 cm³/mol. The average molecular weight is 318 g/mol. The Morgan fingerprint density at radius 1 is 1.44 bits per heavy atom. The summed E-state index contributed by atoms with van der Waals surface area (Å²) in [4.78, 5) is 19.6. The highest BCUT2D eigenvalue weighted by atomic mass is 79.9. The number of rotatable bonds is 5. The van der Waals surface area contributed by atoms with Gasteiger partial charge in [-0.05, 0) is 21.8 Å². The van der Waals surface area contributed by atoms with E-state index in [0.29, 0.717) is 16.1 Å². The van der Waals surface area contributed by atoms with Crippen LogP contribution < -0.4 is 16.6 Å². The molecular formula is C10H16BrN5O2. The molecule has 0 saturated heterocycles. The maximum atomic E-state index is 11.6. The number of ether oxygens (including phenoxy) is 1. The first-order valence-electron chi connectivity index (χ1n) is 5.32. The average Bonchev–Trinajstić information content (AvgIpc) is 2.36. The number of methoxy groups -OCH3 is 1. The summed E-state index contributed by atoms with van der Waals surface area (Å²) in [6, 6.07) is -0.494. The Morgan fingerprint density at radius 2 is 2.06 bits per heavy atom. The number of carbonyl (C=O) groups is 1. The molecule has 1 unspecified atom stereocenters. The first-order chi connectivity index (χ1) is 8.51. The minimum absolute atomic E-state index is 0.0496. The summed E-state index contributed by atoms with van der Waals surface area (Å²) >= 11 is 3.31. The number of nitrogens with two attached hydrogens (primary N) is 1. The van der Waals surface area contributed by atoms with E-state index >= 15 is 0 Å². The highest BCUT2D eigenvalue weighted by molar-refractivity contribution is 9.10. The molecule has 7 nitrogen and oxygen atoms in total. The van der Waals surface area contributed by atoms with Crippen LogP contribution in [-0.4, -0.2) is 29.1 Å². The smallest absolute Gasteiger partial charge is 0.328 e. The second kappa shape index (κ2) is 6.50. The summed E-state index contributed by atoms with van der Waals surface area (Å²) in [5, 5.41) is 3.00. The van der Waals surface area contributed by atoms with Crippen molar-refractivity contribution in [3.8, 4) is 0 Å². The van der Waals surface area contributed by atoms with Crippen molar-refractivity contribution in [2.75, 3.05) is 17.9 Å². The second-order valence-electron chi connectivity index (χ2n) is 3.92. The van der Waals surface area contributed by atoms with E-state index in [4.69, 9.17) is 10.6 Å². The highest BCUT2D eigenvalue weighted by Gasteiger charge is 2.24. The number of nitrogens with zero attached hydrogens (tertiary/aromatic N) is 2. The fourth-order valence-corrected chi connectivity index (χ4v) is 1.78. The van der Waals surface area contributed by atoms with E-state index in [0.717, 1.165) is 0 Å². The predicted octanol–water partition coefficient (Wildman–Crippen LogP) is 1.13. The van der Waals surface area contributed by atoms with Crippen molar-refractivity contribution in [3.63, 3.8) is 0 Å². The molecule has 18 heavy (non-hydrogen) atoms. The van der Waals surface area contributed by atoms with Gasteiger partial charge in [0.15, 0.2) is 5.82 Å². The molecule has 0 bridgehead atoms. The molecular weight excluding hydrogens is 302 g/mol. The fourth-order valence-electron chi connectivity index (χ4n) is 1.34. The molecule has 0 fully saturated rings. The Labute approximate surface area is 114 Å². The van der Waals surface area contributed by atoms with Crippen molar-refractivity contribution in [1.82, 2.24) is 9.97 Å². The summed E-state index contributed by atoms with van der Waals surface area (Å²) in [5.41, 5.74) is 2.43. The Balaban J connectivity index is 2.97. The normalized spacial score (nSPS) is 12.1. The number of hydrogen-bond donors (Lipinski definition) is 3. The lowest BCUT2D eigenvalue weighted by Crippen LogP contribution is -2.36. The van der Waals surface area contributed by atoms with Gasteiger partial charge in [-0.2, -0.15) is 0 Å². The molecule has 1 atom stereocenters. The minimum Gasteiger partial charge on any atom is -0.467 e. The number of aromatic nitrogens is 2. The number of hydrogen-bond acceptors (Lipinski definition) is 7. The number of esters is 1. The zero-order valence-corrected chi connectivity index (χ0v) is 12.0. The third kappa shape index (κ3) is 3.30. The second-order valence-corrected chi connectivity index (χ2v) is 4.71. The molecule has 0 saturated carbocycles. The molecule has 0 aliphatic rings. The van der Waals surface area contributed by atoms with Crippen molar-refractivity contribution in [2.45, 2.75) is 19.9 Å². The first-order valence-corrected chi connectivity index (χ1v) is 6.12. The molecule has 0 amide bonds. The Kier molecular flexibility index (Phi) is 5.29. The quantitative estimate of drug-likeness (QED) is 0.425. The molecule has 4 N–H and O–H groups in total. The lowest BCUT2D eigenvalue weighted by Gasteiger charge is -2.21. The minimum atomic E-state index is -0.494. The van der Waals surface area contributed by atoms with Crippen LogP contribution in [-0.2, 0) is 9.53 Å². The van der Waals surface area contributed by atoms with Crippen molar-refractivity contribution >= 4 is 33.5 Å². The maximum absolute atomic E-state index is 11.6. The van der Waals surface area contributed by atoms with Gasteiger partial charge in [-0.1, -0.05) is 13.8 Å².